The summed E-state index contributed by atoms with van der Waals surface area (Å²) in [6.07, 6.45) is 1.65. The van der Waals surface area contributed by atoms with E-state index in [0.717, 1.165) is 12.8 Å². The van der Waals surface area contributed by atoms with E-state index in [1.807, 2.05) is 6.07 Å². The molecule has 1 aromatic carbocycles. The van der Waals surface area contributed by atoms with Crippen molar-refractivity contribution in [3.8, 4) is 11.3 Å². The summed E-state index contributed by atoms with van der Waals surface area (Å²) in [5.74, 6) is -1.47. The minimum absolute atomic E-state index is 0.0207. The summed E-state index contributed by atoms with van der Waals surface area (Å²) >= 11 is 6.09. The molecule has 0 bridgehead atoms. The Kier molecular flexibility index (Phi) is 3.85. The van der Waals surface area contributed by atoms with E-state index in [1.165, 1.54) is 0 Å². The zero-order chi connectivity index (χ0) is 15.7. The van der Waals surface area contributed by atoms with Gasteiger partial charge in [-0.05, 0) is 30.9 Å². The van der Waals surface area contributed by atoms with Crippen molar-refractivity contribution in [2.24, 2.45) is 5.92 Å². The molecule has 22 heavy (non-hydrogen) atoms. The summed E-state index contributed by atoms with van der Waals surface area (Å²) in [5.41, 5.74) is 1.45. The molecular weight excluding hydrogens is 306 g/mol. The number of aromatic amines is 1. The summed E-state index contributed by atoms with van der Waals surface area (Å²) in [6, 6.07) is 7.87. The summed E-state index contributed by atoms with van der Waals surface area (Å²) in [6.45, 7) is 0. The number of carbonyl (C=O) groups excluding carboxylic acids is 1. The van der Waals surface area contributed by atoms with Crippen LogP contribution >= 0.6 is 11.6 Å². The predicted molar refractivity (Wildman–Crippen MR) is 80.6 cm³/mol. The maximum atomic E-state index is 12.1. The molecule has 1 aromatic heterocycles. The number of aliphatic carboxylic acids is 1. The number of amides is 1. The van der Waals surface area contributed by atoms with Crippen molar-refractivity contribution in [1.29, 1.82) is 0 Å². The van der Waals surface area contributed by atoms with E-state index in [2.05, 4.69) is 15.5 Å². The Balaban J connectivity index is 1.77. The number of hydrogen-bond donors (Lipinski definition) is 3. The van der Waals surface area contributed by atoms with Gasteiger partial charge in [0.05, 0.1) is 10.7 Å². The van der Waals surface area contributed by atoms with Gasteiger partial charge >= 0.3 is 5.97 Å². The highest BCUT2D eigenvalue weighted by Gasteiger charge is 2.37. The molecule has 1 aliphatic carbocycles. The summed E-state index contributed by atoms with van der Waals surface area (Å²) in [4.78, 5) is 23.3. The number of halogens is 1. The minimum atomic E-state index is -1.01. The molecule has 1 atom stereocenters. The van der Waals surface area contributed by atoms with Crippen molar-refractivity contribution < 1.29 is 14.7 Å². The quantitative estimate of drug-likeness (QED) is 0.788. The number of hydrogen-bond acceptors (Lipinski definition) is 3. The second kappa shape index (κ2) is 5.81. The Bertz CT molecular complexity index is 724. The number of carboxylic acid groups (broad SMARTS) is 1. The number of carboxylic acids is 1. The Morgan fingerprint density at radius 3 is 2.73 bits per heavy atom. The molecule has 7 heteroatoms. The Morgan fingerprint density at radius 2 is 2.09 bits per heavy atom. The fraction of sp³-hybridized carbons (Fsp3) is 0.267. The summed E-state index contributed by atoms with van der Waals surface area (Å²) in [5, 5.41) is 18.9. The van der Waals surface area contributed by atoms with Crippen LogP contribution in [-0.2, 0) is 4.79 Å². The first-order chi connectivity index (χ1) is 10.6. The topological polar surface area (TPSA) is 95.1 Å². The number of rotatable bonds is 5. The van der Waals surface area contributed by atoms with E-state index < -0.39 is 17.9 Å². The maximum absolute atomic E-state index is 12.1. The van der Waals surface area contributed by atoms with Crippen LogP contribution in [-0.4, -0.2) is 33.2 Å². The van der Waals surface area contributed by atoms with Gasteiger partial charge in [-0.2, -0.15) is 5.10 Å². The van der Waals surface area contributed by atoms with E-state index in [-0.39, 0.29) is 11.6 Å². The largest absolute Gasteiger partial charge is 0.480 e. The Labute approximate surface area is 131 Å². The molecule has 1 heterocycles. The highest BCUT2D eigenvalue weighted by Crippen LogP contribution is 2.33. The van der Waals surface area contributed by atoms with Gasteiger partial charge in [-0.25, -0.2) is 4.79 Å². The first-order valence-electron chi connectivity index (χ1n) is 6.90. The third kappa shape index (κ3) is 2.96. The third-order valence-corrected chi connectivity index (χ3v) is 3.95. The van der Waals surface area contributed by atoms with E-state index in [0.29, 0.717) is 16.3 Å². The Morgan fingerprint density at radius 1 is 1.36 bits per heavy atom. The fourth-order valence-electron chi connectivity index (χ4n) is 2.27. The molecule has 0 aliphatic heterocycles. The zero-order valence-corrected chi connectivity index (χ0v) is 12.3. The molecular formula is C15H14ClN3O3. The van der Waals surface area contributed by atoms with Gasteiger partial charge in [-0.15, -0.1) is 0 Å². The maximum Gasteiger partial charge on any atom is 0.326 e. The average Bonchev–Trinajstić information content (AvgIpc) is 3.21. The number of benzene rings is 1. The van der Waals surface area contributed by atoms with Gasteiger partial charge in [0, 0.05) is 5.56 Å². The van der Waals surface area contributed by atoms with Crippen molar-refractivity contribution in [3.63, 3.8) is 0 Å². The van der Waals surface area contributed by atoms with E-state index in [4.69, 9.17) is 16.7 Å². The third-order valence-electron chi connectivity index (χ3n) is 3.62. The summed E-state index contributed by atoms with van der Waals surface area (Å²) < 4.78 is 0. The number of carbonyl (C=O) groups is 2. The SMILES string of the molecule is O=C(NC(C(=O)O)C1CC1)c1cc(-c2ccccc2Cl)n[nH]1. The molecule has 2 aromatic rings. The molecule has 0 saturated heterocycles. The second-order valence-corrected chi connectivity index (χ2v) is 5.68. The van der Waals surface area contributed by atoms with Crippen molar-refractivity contribution in [2.45, 2.75) is 18.9 Å². The molecule has 1 aliphatic rings. The van der Waals surface area contributed by atoms with Crippen LogP contribution < -0.4 is 5.32 Å². The summed E-state index contributed by atoms with van der Waals surface area (Å²) in [7, 11) is 0. The van der Waals surface area contributed by atoms with Crippen LogP contribution in [0.5, 0.6) is 0 Å². The lowest BCUT2D eigenvalue weighted by Crippen LogP contribution is -2.42. The fourth-order valence-corrected chi connectivity index (χ4v) is 2.51. The standard InChI is InChI=1S/C15H14ClN3O3/c16-10-4-2-1-3-9(10)11-7-12(19-18-11)14(20)17-13(15(21)22)8-5-6-8/h1-4,7-8,13H,5-6H2,(H,17,20)(H,18,19)(H,21,22). The molecule has 1 amide bonds. The van der Waals surface area contributed by atoms with Crippen LogP contribution in [0, 0.1) is 5.92 Å². The highest BCUT2D eigenvalue weighted by atomic mass is 35.5. The number of aromatic nitrogens is 2. The molecule has 0 spiro atoms. The number of nitrogens with one attached hydrogen (secondary N) is 2. The van der Waals surface area contributed by atoms with Crippen molar-refractivity contribution in [1.82, 2.24) is 15.5 Å². The molecule has 114 valence electrons. The molecule has 1 fully saturated rings. The van der Waals surface area contributed by atoms with Crippen molar-refractivity contribution in [3.05, 3.63) is 41.0 Å². The molecule has 3 N–H and O–H groups in total. The molecule has 6 nitrogen and oxygen atoms in total. The number of nitrogens with zero attached hydrogens (tertiary/aromatic N) is 1. The van der Waals surface area contributed by atoms with Gasteiger partial charge in [-0.1, -0.05) is 29.8 Å². The molecule has 1 saturated carbocycles. The van der Waals surface area contributed by atoms with Crippen molar-refractivity contribution >= 4 is 23.5 Å². The molecule has 3 rings (SSSR count). The first kappa shape index (κ1) is 14.6. The predicted octanol–water partition coefficient (Wildman–Crippen LogP) is 2.32. The van der Waals surface area contributed by atoms with E-state index in [1.54, 1.807) is 24.3 Å². The van der Waals surface area contributed by atoms with Gasteiger partial charge in [0.25, 0.3) is 5.91 Å². The van der Waals surface area contributed by atoms with Crippen molar-refractivity contribution in [2.75, 3.05) is 0 Å². The zero-order valence-electron chi connectivity index (χ0n) is 11.5. The number of H-pyrrole nitrogens is 1. The van der Waals surface area contributed by atoms with Gasteiger partial charge < -0.3 is 10.4 Å². The normalized spacial score (nSPS) is 15.3. The average molecular weight is 320 g/mol. The Hall–Kier alpha value is -2.34. The highest BCUT2D eigenvalue weighted by molar-refractivity contribution is 6.33. The van der Waals surface area contributed by atoms with Crippen LogP contribution in [0.3, 0.4) is 0 Å². The van der Waals surface area contributed by atoms with E-state index >= 15 is 0 Å². The van der Waals surface area contributed by atoms with Crippen LogP contribution in [0.2, 0.25) is 5.02 Å². The molecule has 0 radical (unpaired) electrons. The lowest BCUT2D eigenvalue weighted by molar-refractivity contribution is -0.139. The smallest absolute Gasteiger partial charge is 0.326 e. The first-order valence-corrected chi connectivity index (χ1v) is 7.28. The van der Waals surface area contributed by atoms with E-state index in [9.17, 15) is 9.59 Å². The lowest BCUT2D eigenvalue weighted by atomic mass is 10.1. The van der Waals surface area contributed by atoms with Crippen LogP contribution in [0.15, 0.2) is 30.3 Å². The monoisotopic (exact) mass is 319 g/mol. The van der Waals surface area contributed by atoms with Gasteiger partial charge in [-0.3, -0.25) is 9.89 Å². The van der Waals surface area contributed by atoms with Gasteiger partial charge in [0.15, 0.2) is 0 Å². The van der Waals surface area contributed by atoms with Crippen LogP contribution in [0.1, 0.15) is 23.3 Å². The van der Waals surface area contributed by atoms with Gasteiger partial charge in [0.1, 0.15) is 11.7 Å². The van der Waals surface area contributed by atoms with Gasteiger partial charge in [0.2, 0.25) is 0 Å². The van der Waals surface area contributed by atoms with Crippen LogP contribution in [0.25, 0.3) is 11.3 Å². The second-order valence-electron chi connectivity index (χ2n) is 5.27. The lowest BCUT2D eigenvalue weighted by Gasteiger charge is -2.12. The minimum Gasteiger partial charge on any atom is -0.480 e. The molecule has 1 unspecified atom stereocenters. The van der Waals surface area contributed by atoms with Crippen LogP contribution in [0.4, 0.5) is 0 Å².